The summed E-state index contributed by atoms with van der Waals surface area (Å²) in [6, 6.07) is 24.2. The molecule has 3 aromatic heterocycles. The summed E-state index contributed by atoms with van der Waals surface area (Å²) in [5.41, 5.74) is 5.98. The lowest BCUT2D eigenvalue weighted by Crippen LogP contribution is -1.97. The predicted molar refractivity (Wildman–Crippen MR) is 169 cm³/mol. The van der Waals surface area contributed by atoms with Gasteiger partial charge in [0.2, 0.25) is 0 Å². The minimum absolute atomic E-state index is 0.00462. The Morgan fingerprint density at radius 2 is 1.05 bits per heavy atom. The number of hydrogen-bond acceptors (Lipinski definition) is 7. The van der Waals surface area contributed by atoms with Crippen LogP contribution in [0, 0.1) is 0 Å². The van der Waals surface area contributed by atoms with Crippen molar-refractivity contribution in [2.24, 2.45) is 0 Å². The highest BCUT2D eigenvalue weighted by Gasteiger charge is 2.19. The fraction of sp³-hybridized carbons (Fsp3) is 0.212. The average Bonchev–Trinajstić information content (AvgIpc) is 3.73. The van der Waals surface area contributed by atoms with E-state index in [1.165, 1.54) is 0 Å². The molecule has 2 aromatic carbocycles. The third-order valence-electron chi connectivity index (χ3n) is 6.87. The van der Waals surface area contributed by atoms with E-state index >= 15 is 0 Å². The molecular weight excluding hydrogens is 573 g/mol. The first-order valence-corrected chi connectivity index (χ1v) is 15.8. The van der Waals surface area contributed by atoms with Gasteiger partial charge in [0.1, 0.15) is 5.78 Å². The van der Waals surface area contributed by atoms with Gasteiger partial charge in [-0.2, -0.15) is 0 Å². The molecule has 0 unspecified atom stereocenters. The number of carbonyl (C=O) groups is 2. The van der Waals surface area contributed by atoms with Crippen molar-refractivity contribution >= 4 is 45.8 Å². The first kappa shape index (κ1) is 29.1. The lowest BCUT2D eigenvalue weighted by molar-refractivity contribution is -0.137. The van der Waals surface area contributed by atoms with Crippen molar-refractivity contribution in [2.75, 3.05) is 0 Å². The summed E-state index contributed by atoms with van der Waals surface area (Å²) in [7, 11) is 0. The van der Waals surface area contributed by atoms with Gasteiger partial charge < -0.3 is 20.1 Å². The molecule has 210 valence electrons. The second kappa shape index (κ2) is 13.1. The van der Waals surface area contributed by atoms with E-state index in [2.05, 4.69) is 24.3 Å². The lowest BCUT2D eigenvalue weighted by Gasteiger charge is -2.01. The SMILES string of the molecule is CC(=O)CCc1cc(-c2ccc(CO)cc2)sc1-c1ccc(-c2sc(-c3ccc(CO)cc3)cc2CCC(=O)O)s1. The van der Waals surface area contributed by atoms with Crippen molar-refractivity contribution in [1.29, 1.82) is 0 Å². The normalized spacial score (nSPS) is 11.2. The van der Waals surface area contributed by atoms with Gasteiger partial charge in [-0.05, 0) is 77.4 Å². The maximum atomic E-state index is 11.8. The maximum absolute atomic E-state index is 11.8. The molecule has 5 nitrogen and oxygen atoms in total. The van der Waals surface area contributed by atoms with Crippen molar-refractivity contribution in [3.63, 3.8) is 0 Å². The monoisotopic (exact) mass is 602 g/mol. The number of benzene rings is 2. The molecule has 0 saturated heterocycles. The maximum Gasteiger partial charge on any atom is 0.303 e. The molecule has 0 radical (unpaired) electrons. The molecule has 0 atom stereocenters. The van der Waals surface area contributed by atoms with Crippen LogP contribution in [-0.2, 0) is 35.6 Å². The minimum atomic E-state index is -0.823. The highest BCUT2D eigenvalue weighted by Crippen LogP contribution is 2.47. The van der Waals surface area contributed by atoms with Crippen LogP contribution in [0.3, 0.4) is 0 Å². The Bertz CT molecular complexity index is 1530. The number of carbonyl (C=O) groups excluding carboxylic acids is 1. The molecule has 0 aliphatic heterocycles. The van der Waals surface area contributed by atoms with E-state index in [1.54, 1.807) is 40.9 Å². The number of aryl methyl sites for hydroxylation is 2. The molecule has 0 aliphatic carbocycles. The van der Waals surface area contributed by atoms with Crippen molar-refractivity contribution in [2.45, 2.75) is 45.8 Å². The summed E-state index contributed by atoms with van der Waals surface area (Å²) >= 11 is 5.05. The van der Waals surface area contributed by atoms with Crippen LogP contribution in [0.25, 0.3) is 40.4 Å². The van der Waals surface area contributed by atoms with Crippen LogP contribution in [0.5, 0.6) is 0 Å². The number of aliphatic hydroxyl groups excluding tert-OH is 2. The molecule has 3 N–H and O–H groups in total. The number of ketones is 1. The first-order chi connectivity index (χ1) is 19.8. The topological polar surface area (TPSA) is 94.8 Å². The Kier molecular flexibility index (Phi) is 9.27. The molecule has 0 amide bonds. The van der Waals surface area contributed by atoms with E-state index in [0.29, 0.717) is 19.3 Å². The van der Waals surface area contributed by atoms with Crippen molar-refractivity contribution in [3.8, 4) is 40.4 Å². The van der Waals surface area contributed by atoms with E-state index in [1.807, 2.05) is 48.5 Å². The second-order valence-electron chi connectivity index (χ2n) is 9.90. The van der Waals surface area contributed by atoms with E-state index < -0.39 is 5.97 Å². The van der Waals surface area contributed by atoms with Crippen LogP contribution in [-0.4, -0.2) is 27.1 Å². The standard InChI is InChI=1S/C33H30O5S3/c1-20(36)2-7-25-16-29(23-8-3-21(18-34)4-9-23)40-32(25)27-13-14-28(39-27)33-26(12-15-31(37)38)17-30(41-33)24-10-5-22(19-35)6-11-24/h3-6,8-11,13-14,16-17,34-35H,2,7,12,15,18-19H2,1H3,(H,37,38). The number of carboxylic acid groups (broad SMARTS) is 1. The Morgan fingerprint density at radius 3 is 1.44 bits per heavy atom. The van der Waals surface area contributed by atoms with E-state index in [0.717, 1.165) is 62.6 Å². The molecule has 5 rings (SSSR count). The van der Waals surface area contributed by atoms with Crippen LogP contribution >= 0.6 is 34.0 Å². The minimum Gasteiger partial charge on any atom is -0.481 e. The summed E-state index contributed by atoms with van der Waals surface area (Å²) in [6.45, 7) is 1.61. The van der Waals surface area contributed by atoms with E-state index in [9.17, 15) is 24.9 Å². The molecule has 41 heavy (non-hydrogen) atoms. The summed E-state index contributed by atoms with van der Waals surface area (Å²) in [5.74, 6) is -0.666. The molecule has 3 heterocycles. The number of thiophene rings is 3. The Hall–Kier alpha value is -3.40. The fourth-order valence-electron chi connectivity index (χ4n) is 4.61. The molecule has 8 heteroatoms. The number of aliphatic carboxylic acids is 1. The van der Waals surface area contributed by atoms with Gasteiger partial charge in [-0.25, -0.2) is 0 Å². The Morgan fingerprint density at radius 1 is 0.610 bits per heavy atom. The number of Topliss-reactive ketones (excluding diaryl/α,β-unsaturated/α-hetero) is 1. The van der Waals surface area contributed by atoms with Crippen LogP contribution in [0.2, 0.25) is 0 Å². The highest BCUT2D eigenvalue weighted by atomic mass is 32.1. The van der Waals surface area contributed by atoms with Crippen LogP contribution < -0.4 is 0 Å². The third kappa shape index (κ3) is 6.92. The predicted octanol–water partition coefficient (Wildman–Crippen LogP) is 8.06. The molecule has 0 bridgehead atoms. The Balaban J connectivity index is 1.52. The summed E-state index contributed by atoms with van der Waals surface area (Å²) in [6.07, 6.45) is 1.65. The van der Waals surface area contributed by atoms with Gasteiger partial charge in [0.25, 0.3) is 0 Å². The van der Waals surface area contributed by atoms with Crippen LogP contribution in [0.15, 0.2) is 72.8 Å². The van der Waals surface area contributed by atoms with Gasteiger partial charge in [-0.1, -0.05) is 48.5 Å². The Labute approximate surface area is 251 Å². The van der Waals surface area contributed by atoms with Gasteiger partial charge in [0, 0.05) is 42.1 Å². The first-order valence-electron chi connectivity index (χ1n) is 13.3. The number of hydrogen-bond donors (Lipinski definition) is 3. The zero-order chi connectivity index (χ0) is 28.9. The fourth-order valence-corrected chi connectivity index (χ4v) is 8.34. The second-order valence-corrected chi connectivity index (χ2v) is 13.1. The molecular formula is C33H30O5S3. The van der Waals surface area contributed by atoms with Gasteiger partial charge in [-0.3, -0.25) is 4.79 Å². The third-order valence-corrected chi connectivity index (χ3v) is 10.8. The molecule has 0 aliphatic rings. The van der Waals surface area contributed by atoms with E-state index in [-0.39, 0.29) is 25.4 Å². The van der Waals surface area contributed by atoms with Crippen molar-refractivity contribution in [3.05, 3.63) is 95.1 Å². The number of rotatable bonds is 12. The van der Waals surface area contributed by atoms with Gasteiger partial charge in [0.05, 0.1) is 13.2 Å². The average molecular weight is 603 g/mol. The quantitative estimate of drug-likeness (QED) is 0.134. The summed E-state index contributed by atoms with van der Waals surface area (Å²) in [4.78, 5) is 29.8. The van der Waals surface area contributed by atoms with Gasteiger partial charge in [-0.15, -0.1) is 34.0 Å². The van der Waals surface area contributed by atoms with Crippen LogP contribution in [0.1, 0.15) is 42.0 Å². The smallest absolute Gasteiger partial charge is 0.303 e. The van der Waals surface area contributed by atoms with Crippen molar-refractivity contribution in [1.82, 2.24) is 0 Å². The highest BCUT2D eigenvalue weighted by molar-refractivity contribution is 7.28. The number of aliphatic hydroxyl groups is 2. The zero-order valence-electron chi connectivity index (χ0n) is 22.6. The molecule has 5 aromatic rings. The van der Waals surface area contributed by atoms with Gasteiger partial charge >= 0.3 is 5.97 Å². The molecule has 0 saturated carbocycles. The summed E-state index contributed by atoms with van der Waals surface area (Å²) in [5, 5.41) is 28.2. The van der Waals surface area contributed by atoms with Gasteiger partial charge in [0.15, 0.2) is 0 Å². The summed E-state index contributed by atoms with van der Waals surface area (Å²) < 4.78 is 0. The molecule has 0 spiro atoms. The van der Waals surface area contributed by atoms with Crippen LogP contribution in [0.4, 0.5) is 0 Å². The van der Waals surface area contributed by atoms with Crippen molar-refractivity contribution < 1.29 is 24.9 Å². The largest absolute Gasteiger partial charge is 0.481 e. The molecule has 0 fully saturated rings. The zero-order valence-corrected chi connectivity index (χ0v) is 25.0. The lowest BCUT2D eigenvalue weighted by atomic mass is 10.1. The number of carboxylic acids is 1. The van der Waals surface area contributed by atoms with E-state index in [4.69, 9.17) is 0 Å².